The minimum atomic E-state index is -4.52. The zero-order valence-corrected chi connectivity index (χ0v) is 18.6. The predicted molar refractivity (Wildman–Crippen MR) is 121 cm³/mol. The van der Waals surface area contributed by atoms with Gasteiger partial charge in [0, 0.05) is 11.3 Å². The molecule has 4 aromatic rings. The molecule has 0 aliphatic carbocycles. The first-order chi connectivity index (χ1) is 16.9. The number of nitrogens with one attached hydrogen (secondary N) is 1. The van der Waals surface area contributed by atoms with Gasteiger partial charge in [0.2, 0.25) is 18.6 Å². The molecular formula is C24H16F3N3O4S. The van der Waals surface area contributed by atoms with Crippen LogP contribution in [0.5, 0.6) is 11.5 Å². The minimum absolute atomic E-state index is 0.0259. The smallest absolute Gasteiger partial charge is 0.416 e. The van der Waals surface area contributed by atoms with Crippen LogP contribution < -0.4 is 14.8 Å². The number of thioether (sulfide) groups is 1. The molecule has 0 fully saturated rings. The van der Waals surface area contributed by atoms with Gasteiger partial charge in [-0.3, -0.25) is 4.79 Å². The van der Waals surface area contributed by atoms with Gasteiger partial charge in [0.25, 0.3) is 5.22 Å². The molecule has 5 rings (SSSR count). The Bertz CT molecular complexity index is 1360. The number of alkyl halides is 3. The molecule has 1 N–H and O–H groups in total. The predicted octanol–water partition coefficient (Wildman–Crippen LogP) is 5.96. The van der Waals surface area contributed by atoms with E-state index >= 15 is 0 Å². The lowest BCUT2D eigenvalue weighted by atomic mass is 10.1. The summed E-state index contributed by atoms with van der Waals surface area (Å²) in [6.45, 7) is 0.128. The highest BCUT2D eigenvalue weighted by atomic mass is 32.2. The van der Waals surface area contributed by atoms with Gasteiger partial charge >= 0.3 is 6.18 Å². The number of carbonyl (C=O) groups excluding carboxylic acids is 1. The van der Waals surface area contributed by atoms with Crippen molar-refractivity contribution in [1.82, 2.24) is 10.2 Å². The standard InChI is InChI=1S/C24H16F3N3O4S/c25-24(26,27)16-7-4-8-17(12-16)28-21(31)20(14-5-2-1-3-6-14)35-23-30-29-22(34-23)15-9-10-18-19(11-15)33-13-32-18/h1-12,20H,13H2,(H,28,31). The molecule has 0 saturated heterocycles. The quantitative estimate of drug-likeness (QED) is 0.328. The van der Waals surface area contributed by atoms with Gasteiger partial charge in [-0.1, -0.05) is 36.4 Å². The topological polar surface area (TPSA) is 86.5 Å². The van der Waals surface area contributed by atoms with Crippen LogP contribution in [-0.2, 0) is 11.0 Å². The maximum atomic E-state index is 13.1. The van der Waals surface area contributed by atoms with Crippen molar-refractivity contribution in [3.05, 3.63) is 83.9 Å². The van der Waals surface area contributed by atoms with Crippen molar-refractivity contribution in [2.75, 3.05) is 12.1 Å². The van der Waals surface area contributed by atoms with Crippen LogP contribution >= 0.6 is 11.8 Å². The fourth-order valence-electron chi connectivity index (χ4n) is 3.39. The number of fused-ring (bicyclic) bond motifs is 1. The lowest BCUT2D eigenvalue weighted by Gasteiger charge is -2.16. The Balaban J connectivity index is 1.38. The summed E-state index contributed by atoms with van der Waals surface area (Å²) in [6.07, 6.45) is -4.52. The van der Waals surface area contributed by atoms with Crippen molar-refractivity contribution in [3.8, 4) is 23.0 Å². The van der Waals surface area contributed by atoms with Gasteiger partial charge in [-0.05, 0) is 53.7 Å². The van der Waals surface area contributed by atoms with Crippen molar-refractivity contribution in [2.24, 2.45) is 0 Å². The van der Waals surface area contributed by atoms with E-state index in [-0.39, 0.29) is 23.6 Å². The number of aromatic nitrogens is 2. The number of halogens is 3. The molecule has 1 amide bonds. The maximum absolute atomic E-state index is 13.1. The summed E-state index contributed by atoms with van der Waals surface area (Å²) in [5, 5.41) is 9.89. The van der Waals surface area contributed by atoms with E-state index in [1.165, 1.54) is 12.1 Å². The molecule has 3 aromatic carbocycles. The zero-order valence-electron chi connectivity index (χ0n) is 17.8. The lowest BCUT2D eigenvalue weighted by Crippen LogP contribution is -2.19. The molecule has 2 heterocycles. The van der Waals surface area contributed by atoms with Crippen LogP contribution in [-0.4, -0.2) is 22.9 Å². The van der Waals surface area contributed by atoms with Crippen LogP contribution in [0.25, 0.3) is 11.5 Å². The Hall–Kier alpha value is -3.99. The van der Waals surface area contributed by atoms with Gasteiger partial charge in [-0.2, -0.15) is 13.2 Å². The molecule has 0 radical (unpaired) electrons. The van der Waals surface area contributed by atoms with Crippen molar-refractivity contribution in [3.63, 3.8) is 0 Å². The number of amides is 1. The number of anilines is 1. The summed E-state index contributed by atoms with van der Waals surface area (Å²) in [7, 11) is 0. The summed E-state index contributed by atoms with van der Waals surface area (Å²) in [5.41, 5.74) is 0.394. The highest BCUT2D eigenvalue weighted by molar-refractivity contribution is 8.00. The molecule has 11 heteroatoms. The van der Waals surface area contributed by atoms with Gasteiger partial charge in [0.05, 0.1) is 5.56 Å². The number of nitrogens with zero attached hydrogens (tertiary/aromatic N) is 2. The number of carbonyl (C=O) groups is 1. The van der Waals surface area contributed by atoms with Crippen molar-refractivity contribution < 1.29 is 31.9 Å². The Morgan fingerprint density at radius 3 is 2.54 bits per heavy atom. The van der Waals surface area contributed by atoms with E-state index in [0.29, 0.717) is 22.6 Å². The molecule has 0 saturated carbocycles. The maximum Gasteiger partial charge on any atom is 0.416 e. The van der Waals surface area contributed by atoms with E-state index in [2.05, 4.69) is 15.5 Å². The number of rotatable bonds is 6. The number of ether oxygens (including phenoxy) is 2. The van der Waals surface area contributed by atoms with E-state index in [0.717, 1.165) is 23.9 Å². The van der Waals surface area contributed by atoms with Crippen molar-refractivity contribution in [2.45, 2.75) is 16.6 Å². The SMILES string of the molecule is O=C(Nc1cccc(C(F)(F)F)c1)C(Sc1nnc(-c2ccc3c(c2)OCO3)o1)c1ccccc1. The molecule has 1 unspecified atom stereocenters. The second-order valence-electron chi connectivity index (χ2n) is 7.42. The Kier molecular flexibility index (Phi) is 6.08. The third kappa shape index (κ3) is 5.09. The van der Waals surface area contributed by atoms with Gasteiger partial charge < -0.3 is 19.2 Å². The van der Waals surface area contributed by atoms with Crippen LogP contribution in [0.1, 0.15) is 16.4 Å². The van der Waals surface area contributed by atoms with E-state index in [1.54, 1.807) is 48.5 Å². The molecule has 35 heavy (non-hydrogen) atoms. The van der Waals surface area contributed by atoms with E-state index < -0.39 is 22.9 Å². The zero-order chi connectivity index (χ0) is 24.4. The summed E-state index contributed by atoms with van der Waals surface area (Å²) in [4.78, 5) is 13.1. The van der Waals surface area contributed by atoms with Gasteiger partial charge in [-0.15, -0.1) is 10.2 Å². The largest absolute Gasteiger partial charge is 0.454 e. The Morgan fingerprint density at radius 2 is 1.74 bits per heavy atom. The Morgan fingerprint density at radius 1 is 0.943 bits per heavy atom. The fourth-order valence-corrected chi connectivity index (χ4v) is 4.26. The summed E-state index contributed by atoms with van der Waals surface area (Å²) < 4.78 is 55.6. The Labute approximate surface area is 201 Å². The van der Waals surface area contributed by atoms with E-state index in [1.807, 2.05) is 0 Å². The molecule has 0 spiro atoms. The van der Waals surface area contributed by atoms with E-state index in [9.17, 15) is 18.0 Å². The van der Waals surface area contributed by atoms with Crippen LogP contribution in [0.2, 0.25) is 0 Å². The average molecular weight is 499 g/mol. The van der Waals surface area contributed by atoms with E-state index in [4.69, 9.17) is 13.9 Å². The highest BCUT2D eigenvalue weighted by Gasteiger charge is 2.31. The molecule has 178 valence electrons. The summed E-state index contributed by atoms with van der Waals surface area (Å²) in [6, 6.07) is 18.4. The molecule has 1 aromatic heterocycles. The fraction of sp³-hybridized carbons (Fsp3) is 0.125. The van der Waals surface area contributed by atoms with Crippen LogP contribution in [0.4, 0.5) is 18.9 Å². The lowest BCUT2D eigenvalue weighted by molar-refractivity contribution is -0.137. The van der Waals surface area contributed by atoms with Gasteiger partial charge in [0.15, 0.2) is 11.5 Å². The van der Waals surface area contributed by atoms with Crippen LogP contribution in [0.3, 0.4) is 0 Å². The van der Waals surface area contributed by atoms with Crippen molar-refractivity contribution >= 4 is 23.4 Å². The first kappa shape index (κ1) is 22.8. The van der Waals surface area contributed by atoms with Crippen LogP contribution in [0, 0.1) is 0 Å². The molecule has 1 aliphatic heterocycles. The summed E-state index contributed by atoms with van der Waals surface area (Å²) >= 11 is 0.989. The third-order valence-corrected chi connectivity index (χ3v) is 6.13. The third-order valence-electron chi connectivity index (χ3n) is 5.04. The molecular weight excluding hydrogens is 483 g/mol. The number of hydrogen-bond acceptors (Lipinski definition) is 7. The number of benzene rings is 3. The van der Waals surface area contributed by atoms with Crippen molar-refractivity contribution in [1.29, 1.82) is 0 Å². The first-order valence-electron chi connectivity index (χ1n) is 10.3. The minimum Gasteiger partial charge on any atom is -0.454 e. The second-order valence-corrected chi connectivity index (χ2v) is 8.47. The van der Waals surface area contributed by atoms with Gasteiger partial charge in [0.1, 0.15) is 5.25 Å². The molecule has 1 atom stereocenters. The molecule has 0 bridgehead atoms. The molecule has 7 nitrogen and oxygen atoms in total. The monoisotopic (exact) mass is 499 g/mol. The van der Waals surface area contributed by atoms with Gasteiger partial charge in [-0.25, -0.2) is 0 Å². The highest BCUT2D eigenvalue weighted by Crippen LogP contribution is 2.39. The van der Waals surface area contributed by atoms with Crippen LogP contribution in [0.15, 0.2) is 82.4 Å². The number of hydrogen-bond donors (Lipinski definition) is 1. The second kappa shape index (κ2) is 9.34. The normalized spacial score (nSPS) is 13.5. The first-order valence-corrected chi connectivity index (χ1v) is 11.2. The summed E-state index contributed by atoms with van der Waals surface area (Å²) in [5.74, 6) is 0.843. The molecule has 1 aliphatic rings. The average Bonchev–Trinajstić information content (AvgIpc) is 3.52.